The zero-order valence-corrected chi connectivity index (χ0v) is 14.5. The van der Waals surface area contributed by atoms with Gasteiger partial charge in [0.25, 0.3) is 0 Å². The highest BCUT2D eigenvalue weighted by atomic mass is 32.2. The molecule has 1 N–H and O–H groups in total. The molecule has 1 aromatic heterocycles. The van der Waals surface area contributed by atoms with Crippen LogP contribution >= 0.6 is 11.8 Å². The van der Waals surface area contributed by atoms with Crippen molar-refractivity contribution in [2.24, 2.45) is 0 Å². The van der Waals surface area contributed by atoms with Crippen molar-refractivity contribution in [3.05, 3.63) is 35.9 Å². The molecule has 0 atom stereocenters. The van der Waals surface area contributed by atoms with Gasteiger partial charge in [0, 0.05) is 18.2 Å². The molecule has 0 spiro atoms. The Morgan fingerprint density at radius 1 is 1.21 bits per heavy atom. The molecule has 0 unspecified atom stereocenters. The van der Waals surface area contributed by atoms with Gasteiger partial charge in [-0.25, -0.2) is 4.68 Å². The molecule has 1 aromatic carbocycles. The topological polar surface area (TPSA) is 72.7 Å². The molecule has 0 aliphatic heterocycles. The number of rotatable bonds is 7. The number of hydrogen-bond acceptors (Lipinski definition) is 5. The smallest absolute Gasteiger partial charge is 0.221 e. The first kappa shape index (κ1) is 17.0. The second-order valence-electron chi connectivity index (χ2n) is 6.11. The maximum atomic E-state index is 12.0. The average Bonchev–Trinajstić information content (AvgIpc) is 3.04. The van der Waals surface area contributed by atoms with Crippen LogP contribution in [0.3, 0.4) is 0 Å². The van der Waals surface area contributed by atoms with Crippen LogP contribution in [0.4, 0.5) is 0 Å². The summed E-state index contributed by atoms with van der Waals surface area (Å²) < 4.78 is 1.78. The molecule has 128 valence electrons. The molecular weight excluding hydrogens is 322 g/mol. The van der Waals surface area contributed by atoms with E-state index in [-0.39, 0.29) is 5.91 Å². The lowest BCUT2D eigenvalue weighted by atomic mass is 9.95. The third-order valence-electron chi connectivity index (χ3n) is 4.20. The molecule has 3 rings (SSSR count). The number of carbonyl (C=O) groups excluding carboxylic acids is 1. The van der Waals surface area contributed by atoms with E-state index in [1.54, 1.807) is 4.68 Å². The molecule has 0 radical (unpaired) electrons. The summed E-state index contributed by atoms with van der Waals surface area (Å²) in [7, 11) is 0. The van der Waals surface area contributed by atoms with Gasteiger partial charge in [0.05, 0.1) is 6.54 Å². The monoisotopic (exact) mass is 345 g/mol. The summed E-state index contributed by atoms with van der Waals surface area (Å²) in [5, 5.41) is 15.7. The van der Waals surface area contributed by atoms with Crippen molar-refractivity contribution in [3.63, 3.8) is 0 Å². The highest BCUT2D eigenvalue weighted by Crippen LogP contribution is 2.19. The first-order chi connectivity index (χ1) is 11.8. The van der Waals surface area contributed by atoms with Crippen molar-refractivity contribution in [1.29, 1.82) is 0 Å². The van der Waals surface area contributed by atoms with Gasteiger partial charge in [0.1, 0.15) is 0 Å². The third-order valence-corrected chi connectivity index (χ3v) is 5.16. The van der Waals surface area contributed by atoms with Crippen LogP contribution in [0.1, 0.15) is 44.1 Å². The molecule has 1 amide bonds. The van der Waals surface area contributed by atoms with E-state index >= 15 is 0 Å². The third kappa shape index (κ3) is 5.06. The molecule has 1 heterocycles. The van der Waals surface area contributed by atoms with Gasteiger partial charge in [-0.3, -0.25) is 4.79 Å². The Balaban J connectivity index is 1.43. The molecule has 1 aliphatic rings. The zero-order chi connectivity index (χ0) is 16.6. The van der Waals surface area contributed by atoms with E-state index in [9.17, 15) is 4.79 Å². The lowest BCUT2D eigenvalue weighted by Crippen LogP contribution is -2.36. The van der Waals surface area contributed by atoms with E-state index in [1.807, 2.05) is 30.3 Å². The number of thioether (sulfide) groups is 1. The molecule has 0 saturated heterocycles. The summed E-state index contributed by atoms with van der Waals surface area (Å²) in [5.74, 6) is 0.824. The van der Waals surface area contributed by atoms with Crippen molar-refractivity contribution >= 4 is 17.7 Å². The Hall–Kier alpha value is -1.89. The minimum absolute atomic E-state index is 0.136. The molecule has 1 saturated carbocycles. The summed E-state index contributed by atoms with van der Waals surface area (Å²) in [4.78, 5) is 12.0. The van der Waals surface area contributed by atoms with Gasteiger partial charge in [-0.05, 0) is 28.8 Å². The van der Waals surface area contributed by atoms with Gasteiger partial charge in [-0.1, -0.05) is 61.4 Å². The van der Waals surface area contributed by atoms with E-state index in [0.717, 1.165) is 23.6 Å². The second kappa shape index (κ2) is 8.82. The first-order valence-corrected chi connectivity index (χ1v) is 9.52. The summed E-state index contributed by atoms with van der Waals surface area (Å²) in [6, 6.07) is 10.5. The van der Waals surface area contributed by atoms with Crippen molar-refractivity contribution in [2.45, 2.75) is 56.3 Å². The fourth-order valence-electron chi connectivity index (χ4n) is 2.94. The Labute approximate surface area is 146 Å². The SMILES string of the molecule is O=C(CCSc1nnnn1Cc1ccccc1)NC1CCCCC1. The number of nitrogens with zero attached hydrogens (tertiary/aromatic N) is 4. The lowest BCUT2D eigenvalue weighted by Gasteiger charge is -2.22. The van der Waals surface area contributed by atoms with E-state index in [1.165, 1.54) is 31.0 Å². The van der Waals surface area contributed by atoms with Gasteiger partial charge in [-0.15, -0.1) is 5.10 Å². The standard InChI is InChI=1S/C17H23N5OS/c23-16(18-15-9-5-2-6-10-15)11-12-24-17-19-20-21-22(17)13-14-7-3-1-4-8-14/h1,3-4,7-8,15H,2,5-6,9-13H2,(H,18,23). The number of aromatic nitrogens is 4. The van der Waals surface area contributed by atoms with Crippen LogP contribution < -0.4 is 5.32 Å². The molecule has 1 aliphatic carbocycles. The van der Waals surface area contributed by atoms with Crippen LogP contribution in [-0.2, 0) is 11.3 Å². The Morgan fingerprint density at radius 2 is 2.00 bits per heavy atom. The molecular formula is C17H23N5OS. The highest BCUT2D eigenvalue weighted by molar-refractivity contribution is 7.99. The van der Waals surface area contributed by atoms with Crippen molar-refractivity contribution < 1.29 is 4.79 Å². The van der Waals surface area contributed by atoms with Crippen LogP contribution in [0.15, 0.2) is 35.5 Å². The van der Waals surface area contributed by atoms with Crippen LogP contribution in [0, 0.1) is 0 Å². The quantitative estimate of drug-likeness (QED) is 0.781. The second-order valence-corrected chi connectivity index (χ2v) is 7.17. The number of benzene rings is 1. The largest absolute Gasteiger partial charge is 0.353 e. The van der Waals surface area contributed by atoms with E-state index in [0.29, 0.717) is 24.8 Å². The molecule has 1 fully saturated rings. The summed E-state index contributed by atoms with van der Waals surface area (Å²) in [6.45, 7) is 0.643. The summed E-state index contributed by atoms with van der Waals surface area (Å²) in [5.41, 5.74) is 1.15. The van der Waals surface area contributed by atoms with Gasteiger partial charge in [-0.2, -0.15) is 0 Å². The summed E-state index contributed by atoms with van der Waals surface area (Å²) >= 11 is 1.53. The van der Waals surface area contributed by atoms with Gasteiger partial charge < -0.3 is 5.32 Å². The molecule has 7 heteroatoms. The molecule has 6 nitrogen and oxygen atoms in total. The zero-order valence-electron chi connectivity index (χ0n) is 13.7. The number of carbonyl (C=O) groups is 1. The van der Waals surface area contributed by atoms with Crippen LogP contribution in [0.5, 0.6) is 0 Å². The van der Waals surface area contributed by atoms with E-state index < -0.39 is 0 Å². The van der Waals surface area contributed by atoms with Gasteiger partial charge in [0.15, 0.2) is 0 Å². The number of nitrogens with one attached hydrogen (secondary N) is 1. The normalized spacial score (nSPS) is 15.3. The average molecular weight is 345 g/mol. The lowest BCUT2D eigenvalue weighted by molar-refractivity contribution is -0.121. The Morgan fingerprint density at radius 3 is 2.79 bits per heavy atom. The van der Waals surface area contributed by atoms with Crippen LogP contribution in [0.25, 0.3) is 0 Å². The number of hydrogen-bond donors (Lipinski definition) is 1. The van der Waals surface area contributed by atoms with Gasteiger partial charge >= 0.3 is 0 Å². The predicted octanol–water partition coefficient (Wildman–Crippen LogP) is 2.65. The molecule has 2 aromatic rings. The van der Waals surface area contributed by atoms with Crippen LogP contribution in [0.2, 0.25) is 0 Å². The maximum absolute atomic E-state index is 12.0. The Kier molecular flexibility index (Phi) is 6.23. The summed E-state index contributed by atoms with van der Waals surface area (Å²) in [6.07, 6.45) is 6.50. The van der Waals surface area contributed by atoms with Crippen molar-refractivity contribution in [1.82, 2.24) is 25.5 Å². The predicted molar refractivity (Wildman–Crippen MR) is 93.7 cm³/mol. The Bertz CT molecular complexity index is 639. The minimum atomic E-state index is 0.136. The number of tetrazole rings is 1. The van der Waals surface area contributed by atoms with E-state index in [2.05, 4.69) is 20.8 Å². The first-order valence-electron chi connectivity index (χ1n) is 8.53. The van der Waals surface area contributed by atoms with Crippen molar-refractivity contribution in [3.8, 4) is 0 Å². The van der Waals surface area contributed by atoms with Crippen molar-refractivity contribution in [2.75, 3.05) is 5.75 Å². The maximum Gasteiger partial charge on any atom is 0.221 e. The fourth-order valence-corrected chi connectivity index (χ4v) is 3.75. The highest BCUT2D eigenvalue weighted by Gasteiger charge is 2.16. The minimum Gasteiger partial charge on any atom is -0.353 e. The molecule has 24 heavy (non-hydrogen) atoms. The van der Waals surface area contributed by atoms with E-state index in [4.69, 9.17) is 0 Å². The van der Waals surface area contributed by atoms with Gasteiger partial charge in [0.2, 0.25) is 11.1 Å². The number of amides is 1. The fraction of sp³-hybridized carbons (Fsp3) is 0.529. The van der Waals surface area contributed by atoms with Crippen LogP contribution in [-0.4, -0.2) is 37.9 Å². The molecule has 0 bridgehead atoms.